The predicted molar refractivity (Wildman–Crippen MR) is 62.0 cm³/mol. The molecule has 0 bridgehead atoms. The Kier molecular flexibility index (Phi) is 2.52. The lowest BCUT2D eigenvalue weighted by Crippen LogP contribution is -2.51. The van der Waals surface area contributed by atoms with Gasteiger partial charge in [0.25, 0.3) is 0 Å². The highest BCUT2D eigenvalue weighted by Crippen LogP contribution is 2.37. The minimum absolute atomic E-state index is 0.0175. The summed E-state index contributed by atoms with van der Waals surface area (Å²) in [4.78, 5) is 12.7. The molecular weight excluding hydrogens is 218 g/mol. The molecule has 1 N–H and O–H groups in total. The van der Waals surface area contributed by atoms with Gasteiger partial charge in [-0.25, -0.2) is 4.79 Å². The Labute approximate surface area is 99.8 Å². The maximum absolute atomic E-state index is 11.2. The van der Waals surface area contributed by atoms with Crippen molar-refractivity contribution in [3.63, 3.8) is 0 Å². The largest absolute Gasteiger partial charge is 0.465 e. The zero-order chi connectivity index (χ0) is 11.8. The summed E-state index contributed by atoms with van der Waals surface area (Å²) in [6, 6.07) is 8.16. The quantitative estimate of drug-likeness (QED) is 0.746. The summed E-state index contributed by atoms with van der Waals surface area (Å²) in [5.41, 5.74) is 2.45. The second-order valence-corrected chi connectivity index (χ2v) is 4.57. The minimum Gasteiger partial charge on any atom is -0.465 e. The van der Waals surface area contributed by atoms with E-state index in [1.807, 2.05) is 12.1 Å². The fraction of sp³-hybridized carbons (Fsp3) is 0.462. The molecular formula is C13H15NO3. The summed E-state index contributed by atoms with van der Waals surface area (Å²) in [6.45, 7) is 0.973. The van der Waals surface area contributed by atoms with Gasteiger partial charge in [0, 0.05) is 6.54 Å². The summed E-state index contributed by atoms with van der Waals surface area (Å²) >= 11 is 0. The number of carbonyl (C=O) groups is 1. The SMILES string of the molecule is O=C(O)N1CCO[C@H]2c3ccccc3CC[C@@H]21. The molecule has 4 heteroatoms. The van der Waals surface area contributed by atoms with E-state index in [0.29, 0.717) is 13.2 Å². The molecule has 1 fully saturated rings. The van der Waals surface area contributed by atoms with Crippen LogP contribution in [0.5, 0.6) is 0 Å². The molecule has 3 rings (SSSR count). The van der Waals surface area contributed by atoms with E-state index in [-0.39, 0.29) is 12.1 Å². The highest BCUT2D eigenvalue weighted by molar-refractivity contribution is 5.66. The van der Waals surface area contributed by atoms with Crippen LogP contribution in [0.4, 0.5) is 4.79 Å². The molecule has 2 aliphatic rings. The van der Waals surface area contributed by atoms with Crippen LogP contribution in [0, 0.1) is 0 Å². The molecule has 0 radical (unpaired) electrons. The maximum atomic E-state index is 11.2. The highest BCUT2D eigenvalue weighted by atomic mass is 16.5. The lowest BCUT2D eigenvalue weighted by molar-refractivity contribution is -0.0698. The molecule has 0 saturated carbocycles. The average molecular weight is 233 g/mol. The summed E-state index contributed by atoms with van der Waals surface area (Å²) < 4.78 is 5.78. The van der Waals surface area contributed by atoms with Crippen LogP contribution >= 0.6 is 0 Å². The van der Waals surface area contributed by atoms with Crippen LogP contribution < -0.4 is 0 Å². The Balaban J connectivity index is 1.96. The highest BCUT2D eigenvalue weighted by Gasteiger charge is 2.39. The van der Waals surface area contributed by atoms with Crippen LogP contribution in [-0.2, 0) is 11.2 Å². The lowest BCUT2D eigenvalue weighted by Gasteiger charge is -2.43. The standard InChI is InChI=1S/C13H15NO3/c15-13(16)14-7-8-17-12-10-4-2-1-3-9(10)5-6-11(12)14/h1-4,11-12H,5-8H2,(H,15,16)/t11-,12-/m0/s1. The van der Waals surface area contributed by atoms with E-state index in [1.165, 1.54) is 10.5 Å². The number of aryl methyl sites for hydroxylation is 1. The molecule has 0 unspecified atom stereocenters. The Bertz CT molecular complexity index is 446. The maximum Gasteiger partial charge on any atom is 0.407 e. The van der Waals surface area contributed by atoms with Crippen LogP contribution in [-0.4, -0.2) is 35.3 Å². The van der Waals surface area contributed by atoms with Crippen molar-refractivity contribution in [3.05, 3.63) is 35.4 Å². The zero-order valence-electron chi connectivity index (χ0n) is 9.50. The summed E-state index contributed by atoms with van der Waals surface area (Å²) in [6.07, 6.45) is 0.880. The van der Waals surface area contributed by atoms with Crippen molar-refractivity contribution in [2.75, 3.05) is 13.2 Å². The number of amides is 1. The number of hydrogen-bond acceptors (Lipinski definition) is 2. The number of carboxylic acid groups (broad SMARTS) is 1. The van der Waals surface area contributed by atoms with Gasteiger partial charge in [0.15, 0.2) is 0 Å². The smallest absolute Gasteiger partial charge is 0.407 e. The Morgan fingerprint density at radius 1 is 1.41 bits per heavy atom. The van der Waals surface area contributed by atoms with Crippen molar-refractivity contribution in [2.45, 2.75) is 25.0 Å². The van der Waals surface area contributed by atoms with Crippen LogP contribution in [0.1, 0.15) is 23.7 Å². The number of rotatable bonds is 0. The molecule has 0 spiro atoms. The lowest BCUT2D eigenvalue weighted by atomic mass is 9.84. The third kappa shape index (κ3) is 1.69. The molecule has 17 heavy (non-hydrogen) atoms. The van der Waals surface area contributed by atoms with Gasteiger partial charge in [0.05, 0.1) is 12.6 Å². The van der Waals surface area contributed by atoms with Crippen molar-refractivity contribution in [1.29, 1.82) is 0 Å². The fourth-order valence-electron chi connectivity index (χ4n) is 2.90. The van der Waals surface area contributed by atoms with Gasteiger partial charge < -0.3 is 14.7 Å². The second kappa shape index (κ2) is 4.04. The normalized spacial score (nSPS) is 27.2. The molecule has 0 aromatic heterocycles. The van der Waals surface area contributed by atoms with Gasteiger partial charge in [-0.05, 0) is 24.0 Å². The molecule has 1 heterocycles. The summed E-state index contributed by atoms with van der Waals surface area (Å²) in [5, 5.41) is 9.20. The monoisotopic (exact) mass is 233 g/mol. The van der Waals surface area contributed by atoms with Gasteiger partial charge in [-0.1, -0.05) is 24.3 Å². The van der Waals surface area contributed by atoms with E-state index in [1.54, 1.807) is 0 Å². The van der Waals surface area contributed by atoms with Crippen molar-refractivity contribution >= 4 is 6.09 Å². The Hall–Kier alpha value is -1.55. The average Bonchev–Trinajstić information content (AvgIpc) is 2.37. The first kappa shape index (κ1) is 10.6. The molecule has 90 valence electrons. The minimum atomic E-state index is -0.831. The molecule has 1 aromatic carbocycles. The van der Waals surface area contributed by atoms with Crippen molar-refractivity contribution < 1.29 is 14.6 Å². The molecule has 4 nitrogen and oxygen atoms in total. The summed E-state index contributed by atoms with van der Waals surface area (Å²) in [7, 11) is 0. The number of nitrogens with zero attached hydrogens (tertiary/aromatic N) is 1. The van der Waals surface area contributed by atoms with E-state index in [9.17, 15) is 9.90 Å². The van der Waals surface area contributed by atoms with Crippen LogP contribution in [0.25, 0.3) is 0 Å². The van der Waals surface area contributed by atoms with Crippen LogP contribution in [0.2, 0.25) is 0 Å². The van der Waals surface area contributed by atoms with Gasteiger partial charge in [-0.3, -0.25) is 0 Å². The number of benzene rings is 1. The molecule has 1 saturated heterocycles. The first-order valence-electron chi connectivity index (χ1n) is 5.96. The zero-order valence-corrected chi connectivity index (χ0v) is 9.50. The number of ether oxygens (including phenoxy) is 1. The number of morpholine rings is 1. The third-order valence-electron chi connectivity index (χ3n) is 3.70. The van der Waals surface area contributed by atoms with Gasteiger partial charge in [0.2, 0.25) is 0 Å². The fourth-order valence-corrected chi connectivity index (χ4v) is 2.90. The van der Waals surface area contributed by atoms with Gasteiger partial charge in [0.1, 0.15) is 6.10 Å². The van der Waals surface area contributed by atoms with Gasteiger partial charge in [-0.2, -0.15) is 0 Å². The number of fused-ring (bicyclic) bond motifs is 3. The topological polar surface area (TPSA) is 49.8 Å². The van der Waals surface area contributed by atoms with E-state index in [4.69, 9.17) is 4.74 Å². The van der Waals surface area contributed by atoms with E-state index in [2.05, 4.69) is 12.1 Å². The Morgan fingerprint density at radius 3 is 3.06 bits per heavy atom. The predicted octanol–water partition coefficient (Wildman–Crippen LogP) is 2.05. The first-order valence-corrected chi connectivity index (χ1v) is 5.96. The molecule has 1 aromatic rings. The molecule has 2 atom stereocenters. The van der Waals surface area contributed by atoms with Crippen molar-refractivity contribution in [3.8, 4) is 0 Å². The third-order valence-corrected chi connectivity index (χ3v) is 3.70. The second-order valence-electron chi connectivity index (χ2n) is 4.57. The van der Waals surface area contributed by atoms with Crippen LogP contribution in [0.3, 0.4) is 0 Å². The molecule has 1 amide bonds. The Morgan fingerprint density at radius 2 is 2.24 bits per heavy atom. The van der Waals surface area contributed by atoms with Crippen molar-refractivity contribution in [1.82, 2.24) is 4.90 Å². The van der Waals surface area contributed by atoms with Gasteiger partial charge >= 0.3 is 6.09 Å². The van der Waals surface area contributed by atoms with E-state index >= 15 is 0 Å². The van der Waals surface area contributed by atoms with Crippen molar-refractivity contribution in [2.24, 2.45) is 0 Å². The number of hydrogen-bond donors (Lipinski definition) is 1. The van der Waals surface area contributed by atoms with E-state index < -0.39 is 6.09 Å². The van der Waals surface area contributed by atoms with Crippen LogP contribution in [0.15, 0.2) is 24.3 Å². The first-order chi connectivity index (χ1) is 8.27. The summed E-state index contributed by atoms with van der Waals surface area (Å²) in [5.74, 6) is 0. The molecule has 1 aliphatic carbocycles. The van der Waals surface area contributed by atoms with E-state index in [0.717, 1.165) is 18.4 Å². The van der Waals surface area contributed by atoms with Gasteiger partial charge in [-0.15, -0.1) is 0 Å². The molecule has 1 aliphatic heterocycles.